The molecule has 1 saturated carbocycles. The van der Waals surface area contributed by atoms with Gasteiger partial charge in [-0.1, -0.05) is 79.7 Å². The molecule has 4 rings (SSSR count). The lowest BCUT2D eigenvalue weighted by Crippen LogP contribution is -2.42. The van der Waals surface area contributed by atoms with Crippen LogP contribution in [0.5, 0.6) is 5.75 Å². The van der Waals surface area contributed by atoms with Crippen LogP contribution in [-0.2, 0) is 10.2 Å². The summed E-state index contributed by atoms with van der Waals surface area (Å²) in [6.45, 7) is 4.17. The summed E-state index contributed by atoms with van der Waals surface area (Å²) in [6, 6.07) is 17.4. The Hall–Kier alpha value is -2.23. The van der Waals surface area contributed by atoms with Gasteiger partial charge in [-0.25, -0.2) is 0 Å². The summed E-state index contributed by atoms with van der Waals surface area (Å²) in [7, 11) is 0. The number of fused-ring (bicyclic) bond motifs is 1. The molecule has 3 aromatic rings. The number of benzene rings is 3. The van der Waals surface area contributed by atoms with Crippen molar-refractivity contribution in [3.63, 3.8) is 0 Å². The van der Waals surface area contributed by atoms with E-state index >= 15 is 0 Å². The van der Waals surface area contributed by atoms with Crippen LogP contribution in [0.25, 0.3) is 10.8 Å². The van der Waals surface area contributed by atoms with E-state index in [2.05, 4.69) is 19.2 Å². The van der Waals surface area contributed by atoms with Gasteiger partial charge < -0.3 is 10.1 Å². The molecule has 5 heteroatoms. The van der Waals surface area contributed by atoms with Crippen molar-refractivity contribution in [3.8, 4) is 5.75 Å². The highest BCUT2D eigenvalue weighted by Gasteiger charge is 2.42. The van der Waals surface area contributed by atoms with Crippen molar-refractivity contribution in [1.82, 2.24) is 0 Å². The number of amides is 1. The van der Waals surface area contributed by atoms with Crippen LogP contribution in [0.15, 0.2) is 54.6 Å². The molecule has 3 nitrogen and oxygen atoms in total. The fourth-order valence-corrected chi connectivity index (χ4v) is 5.27. The Balaban J connectivity index is 1.72. The number of nitrogens with one attached hydrogen (secondary N) is 1. The van der Waals surface area contributed by atoms with E-state index in [1.54, 1.807) is 6.07 Å². The first-order valence-electron chi connectivity index (χ1n) is 11.4. The van der Waals surface area contributed by atoms with E-state index < -0.39 is 5.41 Å². The summed E-state index contributed by atoms with van der Waals surface area (Å²) in [6.07, 6.45) is 5.71. The number of hydrogen-bond acceptors (Lipinski definition) is 2. The van der Waals surface area contributed by atoms with Crippen molar-refractivity contribution in [1.29, 1.82) is 0 Å². The lowest BCUT2D eigenvalue weighted by Gasteiger charge is -2.37. The molecule has 0 spiro atoms. The Bertz CT molecular complexity index is 1120. The molecular formula is C27H29Cl2NO2. The summed E-state index contributed by atoms with van der Waals surface area (Å²) in [5.74, 6) is 0.822. The van der Waals surface area contributed by atoms with Gasteiger partial charge in [0.1, 0.15) is 5.75 Å². The number of carbonyl (C=O) groups is 1. The summed E-state index contributed by atoms with van der Waals surface area (Å²) in [5, 5.41) is 6.33. The minimum Gasteiger partial charge on any atom is -0.490 e. The lowest BCUT2D eigenvalue weighted by atomic mass is 9.68. The molecule has 0 heterocycles. The maximum atomic E-state index is 13.8. The first-order valence-corrected chi connectivity index (χ1v) is 12.2. The zero-order valence-corrected chi connectivity index (χ0v) is 20.1. The summed E-state index contributed by atoms with van der Waals surface area (Å²) in [4.78, 5) is 13.8. The molecule has 0 saturated heterocycles. The summed E-state index contributed by atoms with van der Waals surface area (Å²) >= 11 is 12.7. The van der Waals surface area contributed by atoms with Crippen molar-refractivity contribution in [2.75, 3.05) is 5.32 Å². The number of rotatable bonds is 6. The molecule has 1 fully saturated rings. The average Bonchev–Trinajstić information content (AvgIpc) is 2.81. The minimum atomic E-state index is -0.660. The highest BCUT2D eigenvalue weighted by molar-refractivity contribution is 6.35. The maximum Gasteiger partial charge on any atom is 0.235 e. The normalized spacial score (nSPS) is 16.5. The van der Waals surface area contributed by atoms with Crippen LogP contribution in [0.2, 0.25) is 10.0 Å². The van der Waals surface area contributed by atoms with Gasteiger partial charge in [-0.05, 0) is 56.0 Å². The van der Waals surface area contributed by atoms with Gasteiger partial charge in [0.2, 0.25) is 5.91 Å². The Morgan fingerprint density at radius 1 is 1.03 bits per heavy atom. The molecule has 0 aromatic heterocycles. The van der Waals surface area contributed by atoms with Gasteiger partial charge in [-0.3, -0.25) is 4.79 Å². The Labute approximate surface area is 200 Å². The van der Waals surface area contributed by atoms with Gasteiger partial charge in [0.05, 0.1) is 11.5 Å². The van der Waals surface area contributed by atoms with Gasteiger partial charge in [-0.2, -0.15) is 0 Å². The van der Waals surface area contributed by atoms with Gasteiger partial charge in [-0.15, -0.1) is 0 Å². The summed E-state index contributed by atoms with van der Waals surface area (Å²) < 4.78 is 6.13. The molecular weight excluding hydrogens is 441 g/mol. The van der Waals surface area contributed by atoms with Crippen LogP contribution in [0, 0.1) is 0 Å². The predicted molar refractivity (Wildman–Crippen MR) is 134 cm³/mol. The molecule has 1 aliphatic rings. The van der Waals surface area contributed by atoms with Gasteiger partial charge in [0, 0.05) is 26.5 Å². The second-order valence-electron chi connectivity index (χ2n) is 8.71. The molecule has 1 aliphatic carbocycles. The first-order chi connectivity index (χ1) is 15.4. The molecule has 1 N–H and O–H groups in total. The van der Waals surface area contributed by atoms with Gasteiger partial charge >= 0.3 is 0 Å². The van der Waals surface area contributed by atoms with Crippen molar-refractivity contribution >= 4 is 45.6 Å². The molecule has 168 valence electrons. The van der Waals surface area contributed by atoms with E-state index in [4.69, 9.17) is 27.9 Å². The molecule has 0 unspecified atom stereocenters. The van der Waals surface area contributed by atoms with Crippen molar-refractivity contribution < 1.29 is 9.53 Å². The fraction of sp³-hybridized carbons (Fsp3) is 0.370. The quantitative estimate of drug-likeness (QED) is 0.395. The summed E-state index contributed by atoms with van der Waals surface area (Å²) in [5.41, 5.74) is 0.992. The third-order valence-corrected chi connectivity index (χ3v) is 7.17. The van der Waals surface area contributed by atoms with E-state index in [1.807, 2.05) is 48.5 Å². The molecule has 1 amide bonds. The van der Waals surface area contributed by atoms with Crippen LogP contribution in [-0.4, -0.2) is 12.0 Å². The monoisotopic (exact) mass is 469 g/mol. The SMILES string of the molecule is CC[C@H](C)Oc1ccc(NC(=O)C2(c3ccc(Cl)cc3Cl)CCCCC2)c2ccccc12. The molecule has 1 atom stereocenters. The van der Waals surface area contributed by atoms with Crippen molar-refractivity contribution in [2.45, 2.75) is 63.9 Å². The molecule has 0 aliphatic heterocycles. The van der Waals surface area contributed by atoms with E-state index in [1.165, 1.54) is 0 Å². The lowest BCUT2D eigenvalue weighted by molar-refractivity contribution is -0.122. The first kappa shape index (κ1) is 22.9. The zero-order valence-electron chi connectivity index (χ0n) is 18.6. The Morgan fingerprint density at radius 2 is 1.75 bits per heavy atom. The highest BCUT2D eigenvalue weighted by atomic mass is 35.5. The number of carbonyl (C=O) groups excluding carboxylic acids is 1. The van der Waals surface area contributed by atoms with Crippen molar-refractivity contribution in [3.05, 3.63) is 70.2 Å². The molecule has 0 bridgehead atoms. The van der Waals surface area contributed by atoms with Crippen LogP contribution in [0.3, 0.4) is 0 Å². The van der Waals surface area contributed by atoms with Gasteiger partial charge in [0.25, 0.3) is 0 Å². The Morgan fingerprint density at radius 3 is 2.44 bits per heavy atom. The topological polar surface area (TPSA) is 38.3 Å². The second-order valence-corrected chi connectivity index (χ2v) is 9.56. The second kappa shape index (κ2) is 9.72. The third kappa shape index (κ3) is 4.46. The smallest absolute Gasteiger partial charge is 0.235 e. The van der Waals surface area contributed by atoms with Crippen LogP contribution in [0.4, 0.5) is 5.69 Å². The number of anilines is 1. The van der Waals surface area contributed by atoms with E-state index in [9.17, 15) is 4.79 Å². The Kier molecular flexibility index (Phi) is 6.97. The standard InChI is InChI=1S/C27H29Cl2NO2/c1-3-18(2)32-25-14-13-24(20-9-5-6-10-21(20)25)30-26(31)27(15-7-4-8-16-27)22-12-11-19(28)17-23(22)29/h5-6,9-14,17-18H,3-4,7-8,15-16H2,1-2H3,(H,30,31)/t18-/m0/s1. The minimum absolute atomic E-state index is 0.0119. The number of hydrogen-bond donors (Lipinski definition) is 1. The van der Waals surface area contributed by atoms with Crippen LogP contribution in [0.1, 0.15) is 57.9 Å². The maximum absolute atomic E-state index is 13.8. The molecule has 3 aromatic carbocycles. The average molecular weight is 470 g/mol. The third-order valence-electron chi connectivity index (χ3n) is 6.62. The highest BCUT2D eigenvalue weighted by Crippen LogP contribution is 2.44. The predicted octanol–water partition coefficient (Wildman–Crippen LogP) is 8.16. The molecule has 32 heavy (non-hydrogen) atoms. The van der Waals surface area contributed by atoms with E-state index in [-0.39, 0.29) is 12.0 Å². The van der Waals surface area contributed by atoms with E-state index in [0.29, 0.717) is 10.0 Å². The fourth-order valence-electron chi connectivity index (χ4n) is 4.68. The van der Waals surface area contributed by atoms with Crippen LogP contribution >= 0.6 is 23.2 Å². The van der Waals surface area contributed by atoms with Crippen LogP contribution < -0.4 is 10.1 Å². The zero-order chi connectivity index (χ0) is 22.7. The van der Waals surface area contributed by atoms with E-state index in [0.717, 1.165) is 66.3 Å². The number of halogens is 2. The van der Waals surface area contributed by atoms with Crippen molar-refractivity contribution in [2.24, 2.45) is 0 Å². The molecule has 0 radical (unpaired) electrons. The van der Waals surface area contributed by atoms with Gasteiger partial charge in [0.15, 0.2) is 0 Å². The largest absolute Gasteiger partial charge is 0.490 e. The number of ether oxygens (including phenoxy) is 1.